The monoisotopic (exact) mass is 410 g/mol. The van der Waals surface area contributed by atoms with Crippen molar-refractivity contribution in [2.24, 2.45) is 0 Å². The largest absolute Gasteiger partial charge is 0.379 e. The van der Waals surface area contributed by atoms with Crippen molar-refractivity contribution in [3.8, 4) is 0 Å². The Kier molecular flexibility index (Phi) is 7.43. The number of carbonyl (C=O) groups is 2. The molecule has 1 aliphatic heterocycles. The van der Waals surface area contributed by atoms with Crippen molar-refractivity contribution in [2.45, 2.75) is 13.0 Å². The van der Waals surface area contributed by atoms with Gasteiger partial charge in [-0.25, -0.2) is 0 Å². The maximum atomic E-state index is 12.4. The van der Waals surface area contributed by atoms with Crippen molar-refractivity contribution >= 4 is 23.2 Å². The van der Waals surface area contributed by atoms with Gasteiger partial charge in [-0.3, -0.25) is 14.5 Å². The maximum absolute atomic E-state index is 12.4. The van der Waals surface area contributed by atoms with Gasteiger partial charge >= 0.3 is 11.8 Å². The van der Waals surface area contributed by atoms with E-state index in [-0.39, 0.29) is 6.04 Å². The number of anilines is 2. The van der Waals surface area contributed by atoms with Gasteiger partial charge < -0.3 is 20.3 Å². The number of rotatable bonds is 6. The van der Waals surface area contributed by atoms with Crippen molar-refractivity contribution in [1.82, 2.24) is 10.2 Å². The normalized spacial score (nSPS) is 15.3. The average molecular weight is 411 g/mol. The molecule has 2 N–H and O–H groups in total. The van der Waals surface area contributed by atoms with Gasteiger partial charge in [0.05, 0.1) is 19.3 Å². The van der Waals surface area contributed by atoms with Gasteiger partial charge in [-0.15, -0.1) is 0 Å². The zero-order valence-corrected chi connectivity index (χ0v) is 17.9. The Hall–Kier alpha value is -2.90. The van der Waals surface area contributed by atoms with E-state index in [1.54, 1.807) is 6.07 Å². The smallest absolute Gasteiger partial charge is 0.313 e. The van der Waals surface area contributed by atoms with Crippen LogP contribution in [0.25, 0.3) is 0 Å². The van der Waals surface area contributed by atoms with E-state index < -0.39 is 11.8 Å². The minimum absolute atomic E-state index is 0.0270. The van der Waals surface area contributed by atoms with Crippen molar-refractivity contribution in [3.05, 3.63) is 59.7 Å². The first-order chi connectivity index (χ1) is 14.4. The molecule has 7 nitrogen and oxygen atoms in total. The van der Waals surface area contributed by atoms with Gasteiger partial charge in [-0.2, -0.15) is 0 Å². The van der Waals surface area contributed by atoms with E-state index in [9.17, 15) is 9.59 Å². The zero-order chi connectivity index (χ0) is 21.5. The molecule has 0 unspecified atom stereocenters. The number of hydrogen-bond donors (Lipinski definition) is 2. The average Bonchev–Trinajstić information content (AvgIpc) is 2.75. The number of morpholine rings is 1. The van der Waals surface area contributed by atoms with Gasteiger partial charge in [0.2, 0.25) is 0 Å². The Morgan fingerprint density at radius 2 is 1.77 bits per heavy atom. The zero-order valence-electron chi connectivity index (χ0n) is 17.9. The molecule has 3 rings (SSSR count). The van der Waals surface area contributed by atoms with Crippen LogP contribution in [0.15, 0.2) is 48.5 Å². The number of carbonyl (C=O) groups excluding carboxylic acids is 2. The highest BCUT2D eigenvalue weighted by atomic mass is 16.5. The van der Waals surface area contributed by atoms with Gasteiger partial charge in [0.25, 0.3) is 0 Å². The Labute approximate surface area is 178 Å². The summed E-state index contributed by atoms with van der Waals surface area (Å²) in [5, 5.41) is 5.46. The van der Waals surface area contributed by atoms with Crippen LogP contribution in [0.5, 0.6) is 0 Å². The molecule has 30 heavy (non-hydrogen) atoms. The predicted octanol–water partition coefficient (Wildman–Crippen LogP) is 2.19. The fraction of sp³-hybridized carbons (Fsp3) is 0.391. The molecule has 2 aromatic rings. The Bertz CT molecular complexity index is 861. The summed E-state index contributed by atoms with van der Waals surface area (Å²) < 4.78 is 5.48. The molecule has 160 valence electrons. The quantitative estimate of drug-likeness (QED) is 0.714. The molecule has 7 heteroatoms. The van der Waals surface area contributed by atoms with Gasteiger partial charge in [0, 0.05) is 45.1 Å². The molecular weight excluding hydrogens is 380 g/mol. The molecule has 1 saturated heterocycles. The van der Waals surface area contributed by atoms with Crippen LogP contribution in [0, 0.1) is 6.92 Å². The van der Waals surface area contributed by atoms with E-state index in [0.717, 1.165) is 29.9 Å². The molecule has 1 fully saturated rings. The van der Waals surface area contributed by atoms with E-state index in [0.29, 0.717) is 25.4 Å². The van der Waals surface area contributed by atoms with E-state index in [1.165, 1.54) is 0 Å². The minimum Gasteiger partial charge on any atom is -0.379 e. The second-order valence-electron chi connectivity index (χ2n) is 7.68. The molecule has 0 aromatic heterocycles. The number of hydrogen-bond acceptors (Lipinski definition) is 5. The van der Waals surface area contributed by atoms with Crippen LogP contribution in [0.4, 0.5) is 11.4 Å². The number of aryl methyl sites for hydroxylation is 1. The molecule has 1 aliphatic rings. The highest BCUT2D eigenvalue weighted by Crippen LogP contribution is 2.23. The van der Waals surface area contributed by atoms with Crippen LogP contribution in [-0.4, -0.2) is 63.7 Å². The van der Waals surface area contributed by atoms with Gasteiger partial charge in [-0.05, 0) is 42.3 Å². The van der Waals surface area contributed by atoms with Gasteiger partial charge in [0.1, 0.15) is 0 Å². The highest BCUT2D eigenvalue weighted by molar-refractivity contribution is 6.39. The van der Waals surface area contributed by atoms with Crippen LogP contribution in [0.1, 0.15) is 17.2 Å². The third kappa shape index (κ3) is 5.81. The van der Waals surface area contributed by atoms with Crippen molar-refractivity contribution < 1.29 is 14.3 Å². The number of benzene rings is 2. The molecule has 0 saturated carbocycles. The van der Waals surface area contributed by atoms with Crippen molar-refractivity contribution in [2.75, 3.05) is 57.2 Å². The van der Waals surface area contributed by atoms with Gasteiger partial charge in [-0.1, -0.05) is 24.3 Å². The number of nitrogens with one attached hydrogen (secondary N) is 2. The summed E-state index contributed by atoms with van der Waals surface area (Å²) in [4.78, 5) is 29.1. The molecular formula is C23H30N4O3. The highest BCUT2D eigenvalue weighted by Gasteiger charge is 2.24. The summed E-state index contributed by atoms with van der Waals surface area (Å²) in [6.07, 6.45) is 0. The molecule has 0 spiro atoms. The molecule has 0 radical (unpaired) electrons. The van der Waals surface area contributed by atoms with Crippen LogP contribution in [0.2, 0.25) is 0 Å². The fourth-order valence-corrected chi connectivity index (χ4v) is 3.52. The van der Waals surface area contributed by atoms with Crippen molar-refractivity contribution in [1.29, 1.82) is 0 Å². The second kappa shape index (κ2) is 10.2. The van der Waals surface area contributed by atoms with Crippen LogP contribution >= 0.6 is 0 Å². The van der Waals surface area contributed by atoms with Gasteiger partial charge in [0.15, 0.2) is 0 Å². The number of ether oxygens (including phenoxy) is 1. The summed E-state index contributed by atoms with van der Waals surface area (Å²) in [6, 6.07) is 15.6. The lowest BCUT2D eigenvalue weighted by molar-refractivity contribution is -0.136. The van der Waals surface area contributed by atoms with E-state index in [4.69, 9.17) is 4.74 Å². The lowest BCUT2D eigenvalue weighted by atomic mass is 10.0. The van der Waals surface area contributed by atoms with Crippen LogP contribution in [-0.2, 0) is 14.3 Å². The first kappa shape index (κ1) is 21.8. The van der Waals surface area contributed by atoms with Crippen LogP contribution in [0.3, 0.4) is 0 Å². The fourth-order valence-electron chi connectivity index (χ4n) is 3.52. The molecule has 1 atom stereocenters. The van der Waals surface area contributed by atoms with Crippen LogP contribution < -0.4 is 15.5 Å². The summed E-state index contributed by atoms with van der Waals surface area (Å²) in [5.74, 6) is -1.30. The Morgan fingerprint density at radius 3 is 2.40 bits per heavy atom. The summed E-state index contributed by atoms with van der Waals surface area (Å²) in [5.41, 5.74) is 3.84. The lowest BCUT2D eigenvalue weighted by Gasteiger charge is -2.35. The third-order valence-corrected chi connectivity index (χ3v) is 5.22. The van der Waals surface area contributed by atoms with E-state index >= 15 is 0 Å². The SMILES string of the molecule is Cc1cccc(NC(=O)C(=O)NC[C@H](c2ccc(N(C)C)cc2)N2CCOCC2)c1. The molecule has 1 heterocycles. The molecule has 0 aliphatic carbocycles. The summed E-state index contributed by atoms with van der Waals surface area (Å²) >= 11 is 0. The summed E-state index contributed by atoms with van der Waals surface area (Å²) in [7, 11) is 4.00. The molecule has 2 amide bonds. The predicted molar refractivity (Wildman–Crippen MR) is 119 cm³/mol. The molecule has 0 bridgehead atoms. The Balaban J connectivity index is 1.66. The first-order valence-electron chi connectivity index (χ1n) is 10.2. The minimum atomic E-state index is -0.663. The number of nitrogens with zero attached hydrogens (tertiary/aromatic N) is 2. The maximum Gasteiger partial charge on any atom is 0.313 e. The third-order valence-electron chi connectivity index (χ3n) is 5.22. The topological polar surface area (TPSA) is 73.9 Å². The van der Waals surface area contributed by atoms with E-state index in [2.05, 4.69) is 39.8 Å². The van der Waals surface area contributed by atoms with Crippen molar-refractivity contribution in [3.63, 3.8) is 0 Å². The Morgan fingerprint density at radius 1 is 1.07 bits per heavy atom. The lowest BCUT2D eigenvalue weighted by Crippen LogP contribution is -2.45. The number of amides is 2. The van der Waals surface area contributed by atoms with E-state index in [1.807, 2.05) is 44.1 Å². The standard InChI is InChI=1S/C23H30N4O3/c1-17-5-4-6-19(15-17)25-23(29)22(28)24-16-21(27-11-13-30-14-12-27)18-7-9-20(10-8-18)26(2)3/h4-10,15,21H,11-14,16H2,1-3H3,(H,24,28)(H,25,29)/t21-/m1/s1. The molecule has 2 aromatic carbocycles. The first-order valence-corrected chi connectivity index (χ1v) is 10.2. The summed E-state index contributed by atoms with van der Waals surface area (Å²) in [6.45, 7) is 5.17. The second-order valence-corrected chi connectivity index (χ2v) is 7.68.